The maximum absolute atomic E-state index is 12.2. The molecular weight excluding hydrogens is 212 g/mol. The van der Waals surface area contributed by atoms with E-state index in [1.807, 2.05) is 4.90 Å². The van der Waals surface area contributed by atoms with Crippen molar-refractivity contribution in [1.82, 2.24) is 4.90 Å². The molecule has 1 aliphatic heterocycles. The highest BCUT2D eigenvalue weighted by Crippen LogP contribution is 2.46. The molecule has 2 fully saturated rings. The number of fused-ring (bicyclic) bond motifs is 1. The van der Waals surface area contributed by atoms with Gasteiger partial charge in [-0.25, -0.2) is 0 Å². The van der Waals surface area contributed by atoms with Crippen LogP contribution >= 0.6 is 0 Å². The lowest BCUT2D eigenvalue weighted by molar-refractivity contribution is -0.136. The fourth-order valence-electron chi connectivity index (χ4n) is 3.46. The zero-order valence-electron chi connectivity index (χ0n) is 11.2. The van der Waals surface area contributed by atoms with Gasteiger partial charge in [0.25, 0.3) is 0 Å². The molecule has 1 heterocycles. The van der Waals surface area contributed by atoms with Crippen molar-refractivity contribution in [3.05, 3.63) is 0 Å². The van der Waals surface area contributed by atoms with Crippen molar-refractivity contribution in [2.45, 2.75) is 34.1 Å². The fourth-order valence-corrected chi connectivity index (χ4v) is 3.46. The normalized spacial score (nSPS) is 36.8. The molecule has 0 aromatic heterocycles. The van der Waals surface area contributed by atoms with E-state index in [0.29, 0.717) is 17.8 Å². The highest BCUT2D eigenvalue weighted by atomic mass is 16.2. The summed E-state index contributed by atoms with van der Waals surface area (Å²) in [6, 6.07) is 2.11. The minimum absolute atomic E-state index is 0.00857. The molecule has 1 saturated heterocycles. The van der Waals surface area contributed by atoms with E-state index < -0.39 is 5.41 Å². The van der Waals surface area contributed by atoms with E-state index in [9.17, 15) is 4.79 Å². The molecule has 0 N–H and O–H groups in total. The molecule has 1 amide bonds. The number of nitriles is 1. The summed E-state index contributed by atoms with van der Waals surface area (Å²) in [6.45, 7) is 9.78. The Morgan fingerprint density at radius 3 is 2.53 bits per heavy atom. The van der Waals surface area contributed by atoms with Crippen molar-refractivity contribution in [2.24, 2.45) is 29.1 Å². The molecule has 1 aliphatic carbocycles. The van der Waals surface area contributed by atoms with Gasteiger partial charge in [0, 0.05) is 13.1 Å². The van der Waals surface area contributed by atoms with Gasteiger partial charge in [0.2, 0.25) is 5.91 Å². The largest absolute Gasteiger partial charge is 0.341 e. The van der Waals surface area contributed by atoms with E-state index in [0.717, 1.165) is 19.0 Å². The first kappa shape index (κ1) is 12.4. The maximum Gasteiger partial charge on any atom is 0.242 e. The Bertz CT molecular complexity index is 369. The minimum Gasteiger partial charge on any atom is -0.341 e. The van der Waals surface area contributed by atoms with Gasteiger partial charge in [-0.3, -0.25) is 4.79 Å². The fraction of sp³-hybridized carbons (Fsp3) is 0.857. The highest BCUT2D eigenvalue weighted by Gasteiger charge is 2.47. The highest BCUT2D eigenvalue weighted by molar-refractivity contribution is 5.84. The van der Waals surface area contributed by atoms with Gasteiger partial charge in [-0.05, 0) is 43.9 Å². The topological polar surface area (TPSA) is 44.1 Å². The van der Waals surface area contributed by atoms with Crippen LogP contribution in [0.15, 0.2) is 0 Å². The predicted octanol–water partition coefficient (Wildman–Crippen LogP) is 2.29. The zero-order valence-corrected chi connectivity index (χ0v) is 11.2. The van der Waals surface area contributed by atoms with E-state index >= 15 is 0 Å². The van der Waals surface area contributed by atoms with Gasteiger partial charge >= 0.3 is 0 Å². The standard InChI is InChI=1S/C14H22N2O/c1-9-5-11-6-16(7-12(11)10(9)2)13(17)14(3,4)8-15/h9-12H,5-7H2,1-4H3. The van der Waals surface area contributed by atoms with Gasteiger partial charge in [-0.2, -0.15) is 5.26 Å². The number of hydrogen-bond acceptors (Lipinski definition) is 2. The van der Waals surface area contributed by atoms with Gasteiger partial charge in [-0.1, -0.05) is 13.8 Å². The Morgan fingerprint density at radius 1 is 1.35 bits per heavy atom. The Kier molecular flexibility index (Phi) is 2.93. The Balaban J connectivity index is 2.06. The third kappa shape index (κ3) is 1.94. The summed E-state index contributed by atoms with van der Waals surface area (Å²) in [5, 5.41) is 9.02. The number of likely N-dealkylation sites (tertiary alicyclic amines) is 1. The maximum atomic E-state index is 12.2. The molecule has 17 heavy (non-hydrogen) atoms. The number of nitrogens with zero attached hydrogens (tertiary/aromatic N) is 2. The number of hydrogen-bond donors (Lipinski definition) is 0. The molecule has 2 aliphatic rings. The molecule has 94 valence electrons. The smallest absolute Gasteiger partial charge is 0.242 e. The predicted molar refractivity (Wildman–Crippen MR) is 65.9 cm³/mol. The SMILES string of the molecule is CC1CC2CN(C(=O)C(C)(C)C#N)CC2C1C. The van der Waals surface area contributed by atoms with Gasteiger partial charge in [0.15, 0.2) is 0 Å². The molecule has 0 spiro atoms. The molecule has 0 aromatic rings. The quantitative estimate of drug-likeness (QED) is 0.698. The Morgan fingerprint density at radius 2 is 2.00 bits per heavy atom. The van der Waals surface area contributed by atoms with Crippen LogP contribution in [-0.4, -0.2) is 23.9 Å². The zero-order chi connectivity index (χ0) is 12.8. The summed E-state index contributed by atoms with van der Waals surface area (Å²) in [5.74, 6) is 2.82. The first-order valence-corrected chi connectivity index (χ1v) is 6.57. The summed E-state index contributed by atoms with van der Waals surface area (Å²) in [6.07, 6.45) is 1.24. The van der Waals surface area contributed by atoms with Gasteiger partial charge in [0.1, 0.15) is 5.41 Å². The lowest BCUT2D eigenvalue weighted by Gasteiger charge is -2.26. The third-order valence-corrected chi connectivity index (χ3v) is 4.84. The van der Waals surface area contributed by atoms with Crippen LogP contribution in [0.5, 0.6) is 0 Å². The summed E-state index contributed by atoms with van der Waals surface area (Å²) in [5.41, 5.74) is -0.868. The molecule has 3 heteroatoms. The molecule has 4 unspecified atom stereocenters. The first-order valence-electron chi connectivity index (χ1n) is 6.57. The second-order valence-electron chi connectivity index (χ2n) is 6.44. The van der Waals surface area contributed by atoms with Crippen molar-refractivity contribution in [1.29, 1.82) is 5.26 Å². The summed E-state index contributed by atoms with van der Waals surface area (Å²) in [4.78, 5) is 14.1. The van der Waals surface area contributed by atoms with Crippen LogP contribution in [0.3, 0.4) is 0 Å². The van der Waals surface area contributed by atoms with Crippen LogP contribution in [0, 0.1) is 40.4 Å². The van der Waals surface area contributed by atoms with Crippen LogP contribution in [0.4, 0.5) is 0 Å². The van der Waals surface area contributed by atoms with E-state index in [-0.39, 0.29) is 5.91 Å². The van der Waals surface area contributed by atoms with Crippen LogP contribution in [0.2, 0.25) is 0 Å². The summed E-state index contributed by atoms with van der Waals surface area (Å²) >= 11 is 0. The number of amides is 1. The Hall–Kier alpha value is -1.04. The van der Waals surface area contributed by atoms with Crippen LogP contribution in [0.25, 0.3) is 0 Å². The van der Waals surface area contributed by atoms with Gasteiger partial charge in [0.05, 0.1) is 6.07 Å². The van der Waals surface area contributed by atoms with Crippen molar-refractivity contribution in [2.75, 3.05) is 13.1 Å². The van der Waals surface area contributed by atoms with Crippen LogP contribution in [0.1, 0.15) is 34.1 Å². The van der Waals surface area contributed by atoms with Crippen LogP contribution < -0.4 is 0 Å². The second-order valence-corrected chi connectivity index (χ2v) is 6.44. The summed E-state index contributed by atoms with van der Waals surface area (Å²) < 4.78 is 0. The van der Waals surface area contributed by atoms with Crippen molar-refractivity contribution in [3.63, 3.8) is 0 Å². The first-order chi connectivity index (χ1) is 7.86. The van der Waals surface area contributed by atoms with Gasteiger partial charge < -0.3 is 4.90 Å². The lowest BCUT2D eigenvalue weighted by atomic mass is 9.91. The molecule has 1 saturated carbocycles. The van der Waals surface area contributed by atoms with Crippen LogP contribution in [-0.2, 0) is 4.79 Å². The average Bonchev–Trinajstić information content (AvgIpc) is 2.79. The lowest BCUT2D eigenvalue weighted by Crippen LogP contribution is -2.39. The second kappa shape index (κ2) is 4.01. The average molecular weight is 234 g/mol. The minimum atomic E-state index is -0.868. The number of carbonyl (C=O) groups is 1. The van der Waals surface area contributed by atoms with E-state index in [1.165, 1.54) is 6.42 Å². The molecule has 4 atom stereocenters. The van der Waals surface area contributed by atoms with E-state index in [4.69, 9.17) is 5.26 Å². The number of carbonyl (C=O) groups excluding carboxylic acids is 1. The van der Waals surface area contributed by atoms with Gasteiger partial charge in [-0.15, -0.1) is 0 Å². The molecule has 2 rings (SSSR count). The number of rotatable bonds is 1. The molecule has 0 radical (unpaired) electrons. The van der Waals surface area contributed by atoms with E-state index in [2.05, 4.69) is 19.9 Å². The molecular formula is C14H22N2O. The van der Waals surface area contributed by atoms with Crippen molar-refractivity contribution in [3.8, 4) is 6.07 Å². The molecule has 0 bridgehead atoms. The monoisotopic (exact) mass is 234 g/mol. The molecule has 3 nitrogen and oxygen atoms in total. The summed E-state index contributed by atoms with van der Waals surface area (Å²) in [7, 11) is 0. The third-order valence-electron chi connectivity index (χ3n) is 4.84. The molecule has 0 aromatic carbocycles. The van der Waals surface area contributed by atoms with Crippen molar-refractivity contribution >= 4 is 5.91 Å². The van der Waals surface area contributed by atoms with E-state index in [1.54, 1.807) is 13.8 Å². The Labute approximate surface area is 104 Å². The van der Waals surface area contributed by atoms with Crippen molar-refractivity contribution < 1.29 is 4.79 Å².